The molecule has 1 atom stereocenters. The molecule has 0 bridgehead atoms. The number of amides is 1. The lowest BCUT2D eigenvalue weighted by molar-refractivity contribution is -0.120. The second-order valence-electron chi connectivity index (χ2n) is 6.46. The van der Waals surface area contributed by atoms with Gasteiger partial charge in [-0.25, -0.2) is 0 Å². The summed E-state index contributed by atoms with van der Waals surface area (Å²) < 4.78 is 0. The van der Waals surface area contributed by atoms with Gasteiger partial charge in [0, 0.05) is 6.61 Å². The van der Waals surface area contributed by atoms with Crippen molar-refractivity contribution in [1.82, 2.24) is 5.32 Å². The molecule has 3 aromatic rings. The summed E-state index contributed by atoms with van der Waals surface area (Å²) >= 11 is 0. The van der Waals surface area contributed by atoms with Crippen LogP contribution in [0.25, 0.3) is 0 Å². The van der Waals surface area contributed by atoms with Gasteiger partial charge in [-0.3, -0.25) is 10.1 Å². The number of nitrogens with one attached hydrogen (secondary N) is 1. The molecule has 0 heterocycles. The Morgan fingerprint density at radius 1 is 0.815 bits per heavy atom. The summed E-state index contributed by atoms with van der Waals surface area (Å²) in [4.78, 5) is 12.1. The lowest BCUT2D eigenvalue weighted by Gasteiger charge is -2.39. The molecule has 0 radical (unpaired) electrons. The van der Waals surface area contributed by atoms with Gasteiger partial charge >= 0.3 is 0 Å². The third-order valence-electron chi connectivity index (χ3n) is 4.77. The van der Waals surface area contributed by atoms with Gasteiger partial charge in [-0.1, -0.05) is 91.0 Å². The van der Waals surface area contributed by atoms with Gasteiger partial charge in [0.1, 0.15) is 0 Å². The number of hydrogen-bond donors (Lipinski definition) is 3. The number of benzene rings is 3. The molecule has 4 nitrogen and oxygen atoms in total. The molecule has 1 unspecified atom stereocenters. The maximum Gasteiger partial charge on any atom is 0.234 e. The van der Waals surface area contributed by atoms with Crippen LogP contribution in [0, 0.1) is 0 Å². The minimum absolute atomic E-state index is 0.130. The fourth-order valence-corrected chi connectivity index (χ4v) is 3.49. The zero-order valence-corrected chi connectivity index (χ0v) is 15.1. The molecule has 3 aromatic carbocycles. The summed E-state index contributed by atoms with van der Waals surface area (Å²) in [6, 6.07) is 29.2. The number of primary amides is 1. The highest BCUT2D eigenvalue weighted by Gasteiger charge is 2.39. The Labute approximate surface area is 159 Å². The molecular weight excluding hydrogens is 336 g/mol. The quantitative estimate of drug-likeness (QED) is 0.541. The van der Waals surface area contributed by atoms with E-state index in [0.29, 0.717) is 0 Å². The molecule has 0 fully saturated rings. The SMILES string of the molecule is NC(=O)C(CCO)NC(c1ccccc1)(c1ccccc1)c1ccccc1. The van der Waals surface area contributed by atoms with Crippen molar-refractivity contribution in [1.29, 1.82) is 0 Å². The van der Waals surface area contributed by atoms with Crippen LogP contribution < -0.4 is 11.1 Å². The van der Waals surface area contributed by atoms with Crippen LogP contribution >= 0.6 is 0 Å². The van der Waals surface area contributed by atoms with E-state index in [1.165, 1.54) is 0 Å². The monoisotopic (exact) mass is 360 g/mol. The zero-order valence-electron chi connectivity index (χ0n) is 15.1. The second kappa shape index (κ2) is 8.62. The lowest BCUT2D eigenvalue weighted by atomic mass is 9.76. The predicted octanol–water partition coefficient (Wildman–Crippen LogP) is 2.80. The van der Waals surface area contributed by atoms with Gasteiger partial charge in [-0.2, -0.15) is 0 Å². The minimum Gasteiger partial charge on any atom is -0.396 e. The molecule has 27 heavy (non-hydrogen) atoms. The van der Waals surface area contributed by atoms with Crippen molar-refractivity contribution in [2.24, 2.45) is 5.73 Å². The summed E-state index contributed by atoms with van der Waals surface area (Å²) in [6.45, 7) is -0.130. The van der Waals surface area contributed by atoms with Crippen LogP contribution in [0.1, 0.15) is 23.1 Å². The molecule has 138 valence electrons. The first kappa shape index (κ1) is 18.8. The Bertz CT molecular complexity index is 755. The van der Waals surface area contributed by atoms with E-state index in [9.17, 15) is 9.90 Å². The number of aliphatic hydroxyl groups excluding tert-OH is 1. The molecule has 0 saturated carbocycles. The largest absolute Gasteiger partial charge is 0.396 e. The molecule has 0 spiro atoms. The van der Waals surface area contributed by atoms with E-state index in [0.717, 1.165) is 16.7 Å². The Morgan fingerprint density at radius 2 is 1.19 bits per heavy atom. The molecule has 0 aliphatic heterocycles. The first-order valence-corrected chi connectivity index (χ1v) is 9.03. The van der Waals surface area contributed by atoms with Gasteiger partial charge in [-0.05, 0) is 23.1 Å². The van der Waals surface area contributed by atoms with Crippen molar-refractivity contribution in [2.75, 3.05) is 6.61 Å². The first-order chi connectivity index (χ1) is 13.2. The van der Waals surface area contributed by atoms with Crippen LogP contribution in [-0.2, 0) is 10.3 Å². The van der Waals surface area contributed by atoms with E-state index >= 15 is 0 Å². The summed E-state index contributed by atoms with van der Waals surface area (Å²) in [6.07, 6.45) is 0.240. The topological polar surface area (TPSA) is 75.4 Å². The van der Waals surface area contributed by atoms with E-state index in [1.807, 2.05) is 91.0 Å². The van der Waals surface area contributed by atoms with E-state index in [4.69, 9.17) is 5.73 Å². The number of carbonyl (C=O) groups excluding carboxylic acids is 1. The Hall–Kier alpha value is -2.95. The molecule has 0 aliphatic carbocycles. The maximum atomic E-state index is 12.1. The highest BCUT2D eigenvalue weighted by atomic mass is 16.3. The molecular formula is C23H24N2O2. The van der Waals surface area contributed by atoms with E-state index in [-0.39, 0.29) is 13.0 Å². The van der Waals surface area contributed by atoms with Crippen LogP contribution in [-0.4, -0.2) is 23.7 Å². The van der Waals surface area contributed by atoms with Crippen molar-refractivity contribution >= 4 is 5.91 Å². The highest BCUT2D eigenvalue weighted by molar-refractivity contribution is 5.80. The summed E-state index contributed by atoms with van der Waals surface area (Å²) in [7, 11) is 0. The standard InChI is InChI=1S/C23H24N2O2/c24-22(27)21(16-17-26)25-23(18-10-4-1-5-11-18,19-12-6-2-7-13-19)20-14-8-3-9-15-20/h1-15,21,25-26H,16-17H2,(H2,24,27). The number of rotatable bonds is 8. The first-order valence-electron chi connectivity index (χ1n) is 9.03. The molecule has 0 aliphatic rings. The fraction of sp³-hybridized carbons (Fsp3) is 0.174. The van der Waals surface area contributed by atoms with Crippen molar-refractivity contribution < 1.29 is 9.90 Å². The highest BCUT2D eigenvalue weighted by Crippen LogP contribution is 2.37. The van der Waals surface area contributed by atoms with Gasteiger partial charge in [-0.15, -0.1) is 0 Å². The van der Waals surface area contributed by atoms with E-state index < -0.39 is 17.5 Å². The Balaban J connectivity index is 2.27. The van der Waals surface area contributed by atoms with Crippen molar-refractivity contribution in [2.45, 2.75) is 18.0 Å². The van der Waals surface area contributed by atoms with Crippen molar-refractivity contribution in [3.05, 3.63) is 108 Å². The normalized spacial score (nSPS) is 12.5. The Kier molecular flexibility index (Phi) is 6.01. The number of nitrogens with two attached hydrogens (primary N) is 1. The van der Waals surface area contributed by atoms with Gasteiger partial charge < -0.3 is 10.8 Å². The molecule has 0 aromatic heterocycles. The van der Waals surface area contributed by atoms with Crippen LogP contribution in [0.15, 0.2) is 91.0 Å². The average molecular weight is 360 g/mol. The van der Waals surface area contributed by atoms with E-state index in [2.05, 4.69) is 5.32 Å². The van der Waals surface area contributed by atoms with Gasteiger partial charge in [0.25, 0.3) is 0 Å². The lowest BCUT2D eigenvalue weighted by Crippen LogP contribution is -2.54. The van der Waals surface area contributed by atoms with E-state index in [1.54, 1.807) is 0 Å². The number of aliphatic hydroxyl groups is 1. The average Bonchev–Trinajstić information content (AvgIpc) is 2.73. The summed E-state index contributed by atoms with van der Waals surface area (Å²) in [5.41, 5.74) is 7.85. The number of carbonyl (C=O) groups is 1. The number of hydrogen-bond acceptors (Lipinski definition) is 3. The fourth-order valence-electron chi connectivity index (χ4n) is 3.49. The molecule has 3 rings (SSSR count). The molecule has 4 N–H and O–H groups in total. The smallest absolute Gasteiger partial charge is 0.234 e. The van der Waals surface area contributed by atoms with Crippen LogP contribution in [0.3, 0.4) is 0 Å². The molecule has 4 heteroatoms. The third kappa shape index (κ3) is 3.92. The van der Waals surface area contributed by atoms with Gasteiger partial charge in [0.2, 0.25) is 5.91 Å². The Morgan fingerprint density at radius 3 is 1.48 bits per heavy atom. The minimum atomic E-state index is -0.779. The summed E-state index contributed by atoms with van der Waals surface area (Å²) in [5, 5.41) is 12.9. The molecule has 1 amide bonds. The van der Waals surface area contributed by atoms with Gasteiger partial charge in [0.15, 0.2) is 0 Å². The van der Waals surface area contributed by atoms with Gasteiger partial charge in [0.05, 0.1) is 11.6 Å². The van der Waals surface area contributed by atoms with Crippen molar-refractivity contribution in [3.8, 4) is 0 Å². The maximum absolute atomic E-state index is 12.1. The second-order valence-corrected chi connectivity index (χ2v) is 6.46. The molecule has 0 saturated heterocycles. The van der Waals surface area contributed by atoms with Crippen LogP contribution in [0.4, 0.5) is 0 Å². The van der Waals surface area contributed by atoms with Crippen LogP contribution in [0.5, 0.6) is 0 Å². The van der Waals surface area contributed by atoms with Crippen LogP contribution in [0.2, 0.25) is 0 Å². The van der Waals surface area contributed by atoms with Crippen molar-refractivity contribution in [3.63, 3.8) is 0 Å². The third-order valence-corrected chi connectivity index (χ3v) is 4.77. The zero-order chi connectivity index (χ0) is 19.1. The predicted molar refractivity (Wildman–Crippen MR) is 107 cm³/mol. The summed E-state index contributed by atoms with van der Waals surface area (Å²) in [5.74, 6) is -0.490.